The van der Waals surface area contributed by atoms with Crippen molar-refractivity contribution in [3.05, 3.63) is 0 Å². The summed E-state index contributed by atoms with van der Waals surface area (Å²) in [4.78, 5) is 14.0. The summed E-state index contributed by atoms with van der Waals surface area (Å²) in [5.74, 6) is 0.991. The molecule has 1 unspecified atom stereocenters. The maximum atomic E-state index is 11.7. The molecule has 0 amide bonds. The molecule has 0 aromatic rings. The van der Waals surface area contributed by atoms with E-state index in [0.717, 1.165) is 6.54 Å². The first kappa shape index (κ1) is 14.6. The van der Waals surface area contributed by atoms with E-state index in [1.54, 1.807) is 0 Å². The molecule has 0 N–H and O–H groups in total. The number of carbonyl (C=O) groups excluding carboxylic acids is 1. The van der Waals surface area contributed by atoms with Crippen LogP contribution in [0, 0.1) is 11.3 Å². The Bertz CT molecular complexity index is 203. The summed E-state index contributed by atoms with van der Waals surface area (Å²) in [5.41, 5.74) is -0.193. The van der Waals surface area contributed by atoms with Gasteiger partial charge >= 0.3 is 0 Å². The van der Waals surface area contributed by atoms with Crippen molar-refractivity contribution in [2.45, 2.75) is 54.0 Å². The number of hydrogen-bond acceptors (Lipinski definition) is 2. The number of rotatable bonds is 5. The lowest BCUT2D eigenvalue weighted by molar-refractivity contribution is -0.126. The number of Topliss-reactive ketones (excluding diaryl/α,β-unsaturated/α-hetero) is 1. The van der Waals surface area contributed by atoms with E-state index in [2.05, 4.69) is 32.7 Å². The molecule has 0 rings (SSSR count). The van der Waals surface area contributed by atoms with E-state index in [1.165, 1.54) is 0 Å². The van der Waals surface area contributed by atoms with Crippen LogP contribution >= 0.6 is 0 Å². The topological polar surface area (TPSA) is 20.3 Å². The highest BCUT2D eigenvalue weighted by molar-refractivity contribution is 5.83. The summed E-state index contributed by atoms with van der Waals surface area (Å²) in [6.45, 7) is 13.5. The molecule has 90 valence electrons. The van der Waals surface area contributed by atoms with Crippen LogP contribution in [0.5, 0.6) is 0 Å². The van der Waals surface area contributed by atoms with E-state index in [-0.39, 0.29) is 5.41 Å². The highest BCUT2D eigenvalue weighted by atomic mass is 16.1. The van der Waals surface area contributed by atoms with Gasteiger partial charge in [0.05, 0.1) is 0 Å². The average molecular weight is 213 g/mol. The summed E-state index contributed by atoms with van der Waals surface area (Å²) >= 11 is 0. The van der Waals surface area contributed by atoms with Crippen molar-refractivity contribution in [2.24, 2.45) is 11.3 Å². The maximum Gasteiger partial charge on any atom is 0.139 e. The third-order valence-corrected chi connectivity index (χ3v) is 3.19. The van der Waals surface area contributed by atoms with Gasteiger partial charge in [0.1, 0.15) is 5.78 Å². The van der Waals surface area contributed by atoms with Crippen LogP contribution in [0.25, 0.3) is 0 Å². The highest BCUT2D eigenvalue weighted by Gasteiger charge is 2.22. The Hall–Kier alpha value is -0.370. The molecule has 0 aromatic heterocycles. The van der Waals surface area contributed by atoms with Crippen molar-refractivity contribution in [1.82, 2.24) is 4.90 Å². The Kier molecular flexibility index (Phi) is 5.50. The summed E-state index contributed by atoms with van der Waals surface area (Å²) in [6.07, 6.45) is 0.664. The molecule has 0 heterocycles. The lowest BCUT2D eigenvalue weighted by atomic mass is 9.89. The molecule has 0 aliphatic rings. The molecule has 0 aliphatic heterocycles. The van der Waals surface area contributed by atoms with Crippen LogP contribution in [-0.4, -0.2) is 30.3 Å². The molecule has 2 nitrogen and oxygen atoms in total. The van der Waals surface area contributed by atoms with Gasteiger partial charge in [-0.25, -0.2) is 0 Å². The third kappa shape index (κ3) is 5.31. The molecule has 1 atom stereocenters. The van der Waals surface area contributed by atoms with Crippen LogP contribution in [0.2, 0.25) is 0 Å². The summed E-state index contributed by atoms with van der Waals surface area (Å²) in [6, 6.07) is 0.540. The van der Waals surface area contributed by atoms with E-state index in [1.807, 2.05) is 20.8 Å². The minimum atomic E-state index is -0.193. The van der Waals surface area contributed by atoms with Crippen LogP contribution < -0.4 is 0 Å². The number of carbonyl (C=O) groups is 1. The van der Waals surface area contributed by atoms with Crippen molar-refractivity contribution in [3.63, 3.8) is 0 Å². The fraction of sp³-hybridized carbons (Fsp3) is 0.923. The average Bonchev–Trinajstić information content (AvgIpc) is 2.10. The lowest BCUT2D eigenvalue weighted by Gasteiger charge is -2.28. The van der Waals surface area contributed by atoms with E-state index in [0.29, 0.717) is 24.2 Å². The molecular weight excluding hydrogens is 186 g/mol. The van der Waals surface area contributed by atoms with Gasteiger partial charge in [-0.15, -0.1) is 0 Å². The smallest absolute Gasteiger partial charge is 0.139 e. The third-order valence-electron chi connectivity index (χ3n) is 3.19. The SMILES string of the molecule is CC(C)C(C)N(C)CCC(=O)C(C)(C)C. The van der Waals surface area contributed by atoms with E-state index >= 15 is 0 Å². The Morgan fingerprint density at radius 2 is 1.67 bits per heavy atom. The van der Waals surface area contributed by atoms with Crippen molar-refractivity contribution >= 4 is 5.78 Å². The molecule has 15 heavy (non-hydrogen) atoms. The highest BCUT2D eigenvalue weighted by Crippen LogP contribution is 2.17. The summed E-state index contributed by atoms with van der Waals surface area (Å²) in [5, 5.41) is 0. The van der Waals surface area contributed by atoms with Gasteiger partial charge in [0, 0.05) is 24.4 Å². The van der Waals surface area contributed by atoms with Gasteiger partial charge in [0.25, 0.3) is 0 Å². The summed E-state index contributed by atoms with van der Waals surface area (Å²) in [7, 11) is 2.10. The minimum Gasteiger partial charge on any atom is -0.303 e. The van der Waals surface area contributed by atoms with Crippen molar-refractivity contribution < 1.29 is 4.79 Å². The normalized spacial score (nSPS) is 14.7. The number of nitrogens with zero attached hydrogens (tertiary/aromatic N) is 1. The zero-order valence-corrected chi connectivity index (χ0v) is 11.4. The van der Waals surface area contributed by atoms with Gasteiger partial charge < -0.3 is 4.90 Å². The molecule has 0 saturated heterocycles. The van der Waals surface area contributed by atoms with Crippen LogP contribution in [0.4, 0.5) is 0 Å². The summed E-state index contributed by atoms with van der Waals surface area (Å²) < 4.78 is 0. The second kappa shape index (κ2) is 5.64. The van der Waals surface area contributed by atoms with Gasteiger partial charge in [0.15, 0.2) is 0 Å². The van der Waals surface area contributed by atoms with Crippen LogP contribution in [-0.2, 0) is 4.79 Å². The Morgan fingerprint density at radius 1 is 1.20 bits per heavy atom. The van der Waals surface area contributed by atoms with Crippen LogP contribution in [0.1, 0.15) is 48.0 Å². The van der Waals surface area contributed by atoms with Crippen LogP contribution in [0.15, 0.2) is 0 Å². The van der Waals surface area contributed by atoms with E-state index < -0.39 is 0 Å². The maximum absolute atomic E-state index is 11.7. The molecule has 0 saturated carbocycles. The lowest BCUT2D eigenvalue weighted by Crippen LogP contribution is -2.36. The zero-order chi connectivity index (χ0) is 12.2. The predicted octanol–water partition coefficient (Wildman–Crippen LogP) is 2.97. The Labute approximate surface area is 95.0 Å². The van der Waals surface area contributed by atoms with Gasteiger partial charge in [-0.2, -0.15) is 0 Å². The van der Waals surface area contributed by atoms with Gasteiger partial charge in [-0.3, -0.25) is 4.79 Å². The van der Waals surface area contributed by atoms with Gasteiger partial charge in [0.2, 0.25) is 0 Å². The molecule has 0 spiro atoms. The second-order valence-corrected chi connectivity index (χ2v) is 5.89. The molecule has 2 heteroatoms. The molecule has 0 radical (unpaired) electrons. The van der Waals surface area contributed by atoms with Crippen molar-refractivity contribution in [1.29, 1.82) is 0 Å². The first-order valence-electron chi connectivity index (χ1n) is 5.89. The largest absolute Gasteiger partial charge is 0.303 e. The quantitative estimate of drug-likeness (QED) is 0.700. The number of hydrogen-bond donors (Lipinski definition) is 0. The first-order valence-corrected chi connectivity index (χ1v) is 5.89. The Balaban J connectivity index is 4.02. The molecule has 0 bridgehead atoms. The number of ketones is 1. The predicted molar refractivity (Wildman–Crippen MR) is 66.0 cm³/mol. The van der Waals surface area contributed by atoms with Crippen LogP contribution in [0.3, 0.4) is 0 Å². The zero-order valence-electron chi connectivity index (χ0n) is 11.4. The fourth-order valence-corrected chi connectivity index (χ4v) is 1.37. The molecule has 0 aliphatic carbocycles. The van der Waals surface area contributed by atoms with Crippen molar-refractivity contribution in [2.75, 3.05) is 13.6 Å². The standard InChI is InChI=1S/C13H27NO/c1-10(2)11(3)14(7)9-8-12(15)13(4,5)6/h10-11H,8-9H2,1-7H3. The molecular formula is C13H27NO. The monoisotopic (exact) mass is 213 g/mol. The molecule has 0 aromatic carbocycles. The first-order chi connectivity index (χ1) is 6.66. The Morgan fingerprint density at radius 3 is 2.00 bits per heavy atom. The van der Waals surface area contributed by atoms with Gasteiger partial charge in [-0.1, -0.05) is 34.6 Å². The molecule has 0 fully saturated rings. The van der Waals surface area contributed by atoms with E-state index in [9.17, 15) is 4.79 Å². The second-order valence-electron chi connectivity index (χ2n) is 5.89. The van der Waals surface area contributed by atoms with E-state index in [4.69, 9.17) is 0 Å². The van der Waals surface area contributed by atoms with Gasteiger partial charge in [-0.05, 0) is 19.9 Å². The fourth-order valence-electron chi connectivity index (χ4n) is 1.37. The van der Waals surface area contributed by atoms with Crippen molar-refractivity contribution in [3.8, 4) is 0 Å². The minimum absolute atomic E-state index is 0.193.